The van der Waals surface area contributed by atoms with Crippen LogP contribution in [0.15, 0.2) is 60.7 Å². The summed E-state index contributed by atoms with van der Waals surface area (Å²) in [6.45, 7) is 24.4. The zero-order valence-electron chi connectivity index (χ0n) is 52.0. The van der Waals surface area contributed by atoms with Gasteiger partial charge in [-0.05, 0) is 162 Å². The lowest BCUT2D eigenvalue weighted by molar-refractivity contribution is -0.198. The lowest BCUT2D eigenvalue weighted by atomic mass is 9.43. The first-order valence-corrected chi connectivity index (χ1v) is 31.5. The average Bonchev–Trinajstić information content (AvgIpc) is 3.09. The molecule has 4 amide bonds. The van der Waals surface area contributed by atoms with Crippen LogP contribution in [0, 0.1) is 91.7 Å². The first kappa shape index (κ1) is 64.8. The predicted octanol–water partition coefficient (Wildman–Crippen LogP) is 10.9. The molecule has 83 heavy (non-hydrogen) atoms. The van der Waals surface area contributed by atoms with Gasteiger partial charge in [-0.25, -0.2) is 9.59 Å². The molecule has 2 aromatic carbocycles. The van der Waals surface area contributed by atoms with Gasteiger partial charge in [-0.15, -0.1) is 12.4 Å². The predicted molar refractivity (Wildman–Crippen MR) is 323 cm³/mol. The molecule has 14 nitrogen and oxygen atoms in total. The number of carbonyl (C=O) groups is 6. The van der Waals surface area contributed by atoms with Crippen LogP contribution in [-0.4, -0.2) is 120 Å². The van der Waals surface area contributed by atoms with Gasteiger partial charge in [0.05, 0.1) is 24.0 Å². The monoisotopic (exact) mass is 1170 g/mol. The number of benzene rings is 2. The number of imide groups is 2. The molecule has 6 aliphatic carbocycles. The van der Waals surface area contributed by atoms with Crippen molar-refractivity contribution in [2.24, 2.45) is 91.7 Å². The molecule has 4 bridgehead atoms. The number of ether oxygens (including phenoxy) is 2. The second kappa shape index (κ2) is 24.9. The highest BCUT2D eigenvalue weighted by molar-refractivity contribution is 5.94. The van der Waals surface area contributed by atoms with Gasteiger partial charge in [-0.1, -0.05) is 130 Å². The average molecular weight is 1170 g/mol. The summed E-state index contributed by atoms with van der Waals surface area (Å²) < 4.78 is 12.7. The summed E-state index contributed by atoms with van der Waals surface area (Å²) in [6.07, 6.45) is 5.98. The third-order valence-corrected chi connectivity index (χ3v) is 24.6. The SMILES string of the molecule is C[C@@H]1CCC23CCC(=O)C2[C@]1(C)[C@H](OC(=O)NC(=O)[C@H]1CN(C)CC[C@@H]1C)C[C@@](C)(Cc1ccccc1)[C@@H](O)[C@@H]3C.C[C@@H]1CCC23CCC(=O)C2[C@]1(C)[C@H](OC(=O)NC(=O)[C@H]1CN(C)CC[C@@H]1C)C[C@@](C)(Cc1ccccc1)[C@@H](O)[C@@H]3C.Cl. The van der Waals surface area contributed by atoms with E-state index in [2.05, 4.69) is 114 Å². The van der Waals surface area contributed by atoms with E-state index in [-0.39, 0.29) is 106 Å². The number of likely N-dealkylation sites (tertiary alicyclic amines) is 2. The van der Waals surface area contributed by atoms with Crippen LogP contribution in [0.4, 0.5) is 9.59 Å². The third kappa shape index (κ3) is 11.9. The van der Waals surface area contributed by atoms with Crippen molar-refractivity contribution in [1.29, 1.82) is 0 Å². The smallest absolute Gasteiger partial charge is 0.414 e. The van der Waals surface area contributed by atoms with Gasteiger partial charge in [-0.2, -0.15) is 0 Å². The molecular weight excluding hydrogens is 1070 g/mol. The number of halogens is 1. The highest BCUT2D eigenvalue weighted by Crippen LogP contribution is 2.70. The van der Waals surface area contributed by atoms with Crippen LogP contribution in [0.5, 0.6) is 0 Å². The Hall–Kier alpha value is -4.21. The normalized spacial score (nSPS) is 42.5. The Kier molecular flexibility index (Phi) is 19.4. The Morgan fingerprint density at radius 1 is 0.554 bits per heavy atom. The van der Waals surface area contributed by atoms with Crippen LogP contribution in [-0.2, 0) is 41.5 Å². The lowest BCUT2D eigenvalue weighted by Crippen LogP contribution is -2.64. The Morgan fingerprint density at radius 3 is 1.25 bits per heavy atom. The number of aliphatic hydroxyl groups excluding tert-OH is 2. The largest absolute Gasteiger partial charge is 0.445 e. The first-order chi connectivity index (χ1) is 38.6. The molecule has 10 rings (SSSR count). The molecule has 2 aromatic rings. The minimum Gasteiger partial charge on any atom is -0.445 e. The highest BCUT2D eigenvalue weighted by Gasteiger charge is 2.70. The van der Waals surface area contributed by atoms with E-state index in [1.807, 2.05) is 50.5 Å². The van der Waals surface area contributed by atoms with Gasteiger partial charge < -0.3 is 29.5 Å². The van der Waals surface area contributed by atoms with Crippen molar-refractivity contribution in [3.8, 4) is 0 Å². The number of carbonyl (C=O) groups excluding carboxylic acids is 6. The molecule has 2 aliphatic heterocycles. The van der Waals surface area contributed by atoms with Crippen molar-refractivity contribution in [3.63, 3.8) is 0 Å². The Morgan fingerprint density at radius 2 is 0.904 bits per heavy atom. The van der Waals surface area contributed by atoms with Crippen molar-refractivity contribution >= 4 is 48.0 Å². The molecule has 20 atom stereocenters. The maximum absolute atomic E-state index is 13.7. The van der Waals surface area contributed by atoms with E-state index in [9.17, 15) is 39.0 Å². The Bertz CT molecular complexity index is 2500. The van der Waals surface area contributed by atoms with Crippen LogP contribution < -0.4 is 10.6 Å². The second-order valence-corrected chi connectivity index (χ2v) is 29.4. The van der Waals surface area contributed by atoms with Crippen LogP contribution in [0.1, 0.15) is 157 Å². The fourth-order valence-corrected chi connectivity index (χ4v) is 19.0. The standard InChI is InChI=1S/2C34H50N2O5.ClH/c2*1-21-14-17-36(6)20-25(21)30(39)35-31(40)41-27-19-32(4,18-24-10-8-7-9-11-24)29(38)23(3)34-15-12-22(2)33(27,5)28(34)26(37)13-16-34;/h2*7-11,21-23,25,27-29,38H,12-20H2,1-6H3,(H,35,39,40);1H/t2*21-,22+,23-,25-,27+,28?,29-,32+,33-,34?;/m00./s1. The lowest BCUT2D eigenvalue weighted by Gasteiger charge is -2.62. The van der Waals surface area contributed by atoms with Gasteiger partial charge in [0.15, 0.2) is 0 Å². The first-order valence-electron chi connectivity index (χ1n) is 31.5. The summed E-state index contributed by atoms with van der Waals surface area (Å²) in [4.78, 5) is 85.3. The van der Waals surface area contributed by atoms with Crippen LogP contribution in [0.2, 0.25) is 0 Å². The van der Waals surface area contributed by atoms with Gasteiger partial charge in [0, 0.05) is 59.4 Å². The summed E-state index contributed by atoms with van der Waals surface area (Å²) in [7, 11) is 3.99. The molecule has 0 radical (unpaired) electrons. The number of nitrogens with zero attached hydrogens (tertiary/aromatic N) is 2. The zero-order valence-corrected chi connectivity index (χ0v) is 52.9. The third-order valence-electron chi connectivity index (χ3n) is 24.6. The van der Waals surface area contributed by atoms with Gasteiger partial charge in [0.1, 0.15) is 23.8 Å². The fraction of sp³-hybridized carbons (Fsp3) is 0.735. The minimum atomic E-state index is -0.736. The van der Waals surface area contributed by atoms with Crippen molar-refractivity contribution < 1.29 is 48.5 Å². The van der Waals surface area contributed by atoms with Gasteiger partial charge in [0.25, 0.3) is 0 Å². The quantitative estimate of drug-likeness (QED) is 0.196. The number of piperidine rings is 2. The van der Waals surface area contributed by atoms with E-state index in [0.29, 0.717) is 51.6 Å². The summed E-state index contributed by atoms with van der Waals surface area (Å²) in [5.74, 6) is -0.756. The van der Waals surface area contributed by atoms with E-state index < -0.39 is 58.3 Å². The second-order valence-electron chi connectivity index (χ2n) is 29.4. The molecule has 0 aromatic heterocycles. The summed E-state index contributed by atoms with van der Waals surface area (Å²) in [5, 5.41) is 29.5. The molecule has 6 saturated carbocycles. The molecule has 8 aliphatic rings. The molecule has 8 fully saturated rings. The highest BCUT2D eigenvalue weighted by atomic mass is 35.5. The van der Waals surface area contributed by atoms with Crippen LogP contribution in [0.3, 0.4) is 0 Å². The molecule has 2 saturated heterocycles. The number of aliphatic hydroxyl groups is 2. The Labute approximate surface area is 501 Å². The number of alkyl carbamates (subject to hydrolysis) is 2. The zero-order chi connectivity index (χ0) is 59.5. The van der Waals surface area contributed by atoms with E-state index in [1.54, 1.807) is 0 Å². The molecule has 15 heteroatoms. The van der Waals surface area contributed by atoms with E-state index in [4.69, 9.17) is 9.47 Å². The summed E-state index contributed by atoms with van der Waals surface area (Å²) in [5.41, 5.74) is -0.811. The Balaban J connectivity index is 0.000000214. The number of nitrogens with one attached hydrogen (secondary N) is 2. The number of amides is 4. The number of ketones is 2. The summed E-state index contributed by atoms with van der Waals surface area (Å²) >= 11 is 0. The van der Waals surface area contributed by atoms with Crippen molar-refractivity contribution in [2.75, 3.05) is 40.3 Å². The van der Waals surface area contributed by atoms with E-state index in [1.165, 1.54) is 0 Å². The minimum absolute atomic E-state index is 0. The van der Waals surface area contributed by atoms with Crippen molar-refractivity contribution in [2.45, 2.75) is 184 Å². The maximum Gasteiger partial charge on any atom is 0.414 e. The van der Waals surface area contributed by atoms with E-state index >= 15 is 0 Å². The van der Waals surface area contributed by atoms with E-state index in [0.717, 1.165) is 75.6 Å². The maximum atomic E-state index is 13.7. The molecule has 4 N–H and O–H groups in total. The van der Waals surface area contributed by atoms with Gasteiger partial charge >= 0.3 is 12.2 Å². The molecule has 4 unspecified atom stereocenters. The molecule has 2 heterocycles. The van der Waals surface area contributed by atoms with Crippen molar-refractivity contribution in [1.82, 2.24) is 20.4 Å². The number of hydrogen-bond donors (Lipinski definition) is 4. The van der Waals surface area contributed by atoms with Crippen LogP contribution in [0.25, 0.3) is 0 Å². The number of Topliss-reactive ketones (excluding diaryl/α,β-unsaturated/α-hetero) is 2. The molecule has 0 spiro atoms. The van der Waals surface area contributed by atoms with Crippen molar-refractivity contribution in [3.05, 3.63) is 71.8 Å². The number of hydrogen-bond acceptors (Lipinski definition) is 12. The van der Waals surface area contributed by atoms with Crippen LogP contribution >= 0.6 is 12.4 Å². The van der Waals surface area contributed by atoms with Gasteiger partial charge in [0.2, 0.25) is 11.8 Å². The fourth-order valence-electron chi connectivity index (χ4n) is 19.0. The number of rotatable bonds is 8. The van der Waals surface area contributed by atoms with Gasteiger partial charge in [-0.3, -0.25) is 29.8 Å². The summed E-state index contributed by atoms with van der Waals surface area (Å²) in [6, 6.07) is 20.3. The molecule has 460 valence electrons. The molecular formula is C68H101ClN4O10. The topological polar surface area (TPSA) is 192 Å².